The highest BCUT2D eigenvalue weighted by atomic mass is 16.3. The van der Waals surface area contributed by atoms with Gasteiger partial charge >= 0.3 is 0 Å². The normalized spacial score (nSPS) is 12.9. The van der Waals surface area contributed by atoms with Gasteiger partial charge < -0.3 is 8.98 Å². The molecule has 306 valence electrons. The monoisotopic (exact) mass is 832 g/mol. The quantitative estimate of drug-likeness (QED) is 0.167. The van der Waals surface area contributed by atoms with Crippen molar-refractivity contribution in [3.63, 3.8) is 0 Å². The lowest BCUT2D eigenvalue weighted by molar-refractivity contribution is 0.662. The SMILES string of the molecule is CC1(C)c2ccccc2-c2cccc(-c3ccc4c(c3)c3cc(-c5ccc6oc7cccc(-c8nc(-c9ccccc9)nc(-c9ccccc9)n8)c7c6c5)ccc3n4-c3ccccc3)c21. The molecule has 13 rings (SSSR count). The summed E-state index contributed by atoms with van der Waals surface area (Å²) in [5, 5.41) is 4.39. The molecule has 9 aromatic carbocycles. The maximum atomic E-state index is 6.56. The lowest BCUT2D eigenvalue weighted by atomic mass is 9.79. The van der Waals surface area contributed by atoms with Gasteiger partial charge in [-0.3, -0.25) is 0 Å². The van der Waals surface area contributed by atoms with Crippen LogP contribution in [0.25, 0.3) is 117 Å². The molecule has 0 aliphatic heterocycles. The van der Waals surface area contributed by atoms with Crippen molar-refractivity contribution in [2.24, 2.45) is 0 Å². The zero-order chi connectivity index (χ0) is 43.2. The molecule has 3 heterocycles. The molecule has 0 radical (unpaired) electrons. The minimum Gasteiger partial charge on any atom is -0.456 e. The summed E-state index contributed by atoms with van der Waals surface area (Å²) >= 11 is 0. The van der Waals surface area contributed by atoms with Gasteiger partial charge in [-0.05, 0) is 99.1 Å². The fourth-order valence-electron chi connectivity index (χ4n) is 10.4. The lowest BCUT2D eigenvalue weighted by Gasteiger charge is -2.24. The molecule has 0 bridgehead atoms. The standard InChI is InChI=1S/C60H40N4O/c1-60(2)50-26-13-12-22-44(50)45-24-14-23-43(56(45)60)41-29-32-52-48(36-41)47-34-39(28-31-51(47)64(52)42-20-10-5-11-21-42)40-30-33-53-49(35-40)55-46(25-15-27-54(55)65-53)59-62-57(37-16-6-3-7-17-37)61-58(63-59)38-18-8-4-9-19-38/h3-36H,1-2H3. The first kappa shape index (κ1) is 37.2. The Morgan fingerprint density at radius 3 is 1.62 bits per heavy atom. The minimum absolute atomic E-state index is 0.129. The van der Waals surface area contributed by atoms with Gasteiger partial charge in [0.1, 0.15) is 11.2 Å². The molecule has 0 amide bonds. The Balaban J connectivity index is 0.990. The fourth-order valence-corrected chi connectivity index (χ4v) is 10.4. The topological polar surface area (TPSA) is 56.7 Å². The molecule has 0 N–H and O–H groups in total. The summed E-state index contributed by atoms with van der Waals surface area (Å²) in [6.45, 7) is 4.73. The van der Waals surface area contributed by atoms with E-state index >= 15 is 0 Å². The number of furan rings is 1. The van der Waals surface area contributed by atoms with Gasteiger partial charge in [0, 0.05) is 49.3 Å². The summed E-state index contributed by atoms with van der Waals surface area (Å²) in [6, 6.07) is 73.2. The van der Waals surface area contributed by atoms with E-state index in [4.69, 9.17) is 19.4 Å². The van der Waals surface area contributed by atoms with Gasteiger partial charge in [-0.2, -0.15) is 0 Å². The summed E-state index contributed by atoms with van der Waals surface area (Å²) in [7, 11) is 0. The first-order valence-electron chi connectivity index (χ1n) is 22.2. The predicted octanol–water partition coefficient (Wildman–Crippen LogP) is 15.5. The van der Waals surface area contributed by atoms with Crippen LogP contribution < -0.4 is 0 Å². The van der Waals surface area contributed by atoms with E-state index in [-0.39, 0.29) is 5.41 Å². The Labute approximate surface area is 376 Å². The van der Waals surface area contributed by atoms with E-state index in [0.29, 0.717) is 17.5 Å². The van der Waals surface area contributed by atoms with Gasteiger partial charge in [0.25, 0.3) is 0 Å². The van der Waals surface area contributed by atoms with E-state index in [0.717, 1.165) is 61.0 Å². The molecule has 0 saturated heterocycles. The number of aromatic nitrogens is 4. The summed E-state index contributed by atoms with van der Waals surface area (Å²) in [5.41, 5.74) is 17.8. The van der Waals surface area contributed by atoms with Gasteiger partial charge in [-0.15, -0.1) is 0 Å². The van der Waals surface area contributed by atoms with Crippen LogP contribution in [-0.2, 0) is 5.41 Å². The third-order valence-corrected chi connectivity index (χ3v) is 13.4. The Morgan fingerprint density at radius 1 is 0.385 bits per heavy atom. The Hall–Kier alpha value is -8.41. The molecule has 1 aliphatic carbocycles. The smallest absolute Gasteiger partial charge is 0.164 e. The first-order chi connectivity index (χ1) is 32.0. The van der Waals surface area contributed by atoms with Crippen LogP contribution in [0.2, 0.25) is 0 Å². The average molecular weight is 833 g/mol. The molecule has 3 aromatic heterocycles. The number of hydrogen-bond acceptors (Lipinski definition) is 4. The molecule has 0 unspecified atom stereocenters. The first-order valence-corrected chi connectivity index (χ1v) is 22.2. The Bertz CT molecular complexity index is 3790. The van der Waals surface area contributed by atoms with E-state index in [1.165, 1.54) is 49.7 Å². The molecule has 0 spiro atoms. The number of benzene rings is 9. The molecule has 0 saturated carbocycles. The van der Waals surface area contributed by atoms with E-state index in [9.17, 15) is 0 Å². The van der Waals surface area contributed by atoms with Crippen LogP contribution in [0.4, 0.5) is 0 Å². The van der Waals surface area contributed by atoms with Crippen LogP contribution >= 0.6 is 0 Å². The lowest BCUT2D eigenvalue weighted by Crippen LogP contribution is -2.16. The van der Waals surface area contributed by atoms with E-state index in [1.54, 1.807) is 0 Å². The van der Waals surface area contributed by atoms with Crippen molar-refractivity contribution in [3.8, 4) is 73.2 Å². The molecular formula is C60H40N4O. The third-order valence-electron chi connectivity index (χ3n) is 13.4. The van der Waals surface area contributed by atoms with Crippen molar-refractivity contribution in [2.45, 2.75) is 19.3 Å². The molecule has 5 nitrogen and oxygen atoms in total. The van der Waals surface area contributed by atoms with Gasteiger partial charge in [-0.1, -0.05) is 166 Å². The summed E-state index contributed by atoms with van der Waals surface area (Å²) in [5.74, 6) is 1.84. The van der Waals surface area contributed by atoms with Crippen LogP contribution in [0.3, 0.4) is 0 Å². The predicted molar refractivity (Wildman–Crippen MR) is 266 cm³/mol. The van der Waals surface area contributed by atoms with Crippen molar-refractivity contribution < 1.29 is 4.42 Å². The number of para-hydroxylation sites is 1. The molecular weight excluding hydrogens is 793 g/mol. The number of nitrogens with zero attached hydrogens (tertiary/aromatic N) is 4. The summed E-state index contributed by atoms with van der Waals surface area (Å²) in [6.07, 6.45) is 0. The zero-order valence-electron chi connectivity index (χ0n) is 35.8. The van der Waals surface area contributed by atoms with Gasteiger partial charge in [0.2, 0.25) is 0 Å². The van der Waals surface area contributed by atoms with Gasteiger partial charge in [0.05, 0.1) is 11.0 Å². The molecule has 65 heavy (non-hydrogen) atoms. The van der Waals surface area contributed by atoms with Gasteiger partial charge in [0.15, 0.2) is 17.5 Å². The van der Waals surface area contributed by atoms with Crippen LogP contribution in [-0.4, -0.2) is 19.5 Å². The van der Waals surface area contributed by atoms with Crippen LogP contribution in [0.15, 0.2) is 211 Å². The fraction of sp³-hybridized carbons (Fsp3) is 0.0500. The third kappa shape index (κ3) is 5.82. The largest absolute Gasteiger partial charge is 0.456 e. The Morgan fingerprint density at radius 2 is 0.908 bits per heavy atom. The average Bonchev–Trinajstić information content (AvgIpc) is 3.99. The second-order valence-corrected chi connectivity index (χ2v) is 17.6. The summed E-state index contributed by atoms with van der Waals surface area (Å²) in [4.78, 5) is 15.2. The number of fused-ring (bicyclic) bond motifs is 9. The molecule has 12 aromatic rings. The second-order valence-electron chi connectivity index (χ2n) is 17.6. The van der Waals surface area contributed by atoms with E-state index < -0.39 is 0 Å². The van der Waals surface area contributed by atoms with E-state index in [2.05, 4.69) is 152 Å². The minimum atomic E-state index is -0.129. The number of rotatable bonds is 6. The van der Waals surface area contributed by atoms with Crippen molar-refractivity contribution in [2.75, 3.05) is 0 Å². The summed E-state index contributed by atoms with van der Waals surface area (Å²) < 4.78 is 8.96. The van der Waals surface area contributed by atoms with Crippen LogP contribution in [0.5, 0.6) is 0 Å². The van der Waals surface area contributed by atoms with E-state index in [1.807, 2.05) is 72.8 Å². The van der Waals surface area contributed by atoms with Crippen molar-refractivity contribution in [1.82, 2.24) is 19.5 Å². The molecule has 1 aliphatic rings. The molecule has 0 atom stereocenters. The van der Waals surface area contributed by atoms with Crippen LogP contribution in [0.1, 0.15) is 25.0 Å². The highest BCUT2D eigenvalue weighted by Crippen LogP contribution is 2.52. The van der Waals surface area contributed by atoms with Crippen LogP contribution in [0, 0.1) is 0 Å². The maximum Gasteiger partial charge on any atom is 0.164 e. The highest BCUT2D eigenvalue weighted by Gasteiger charge is 2.37. The second kappa shape index (κ2) is 14.3. The highest BCUT2D eigenvalue weighted by molar-refractivity contribution is 6.14. The molecule has 5 heteroatoms. The Kier molecular flexibility index (Phi) is 8.18. The molecule has 0 fully saturated rings. The number of hydrogen-bond donors (Lipinski definition) is 0. The zero-order valence-corrected chi connectivity index (χ0v) is 35.8. The van der Waals surface area contributed by atoms with Crippen molar-refractivity contribution in [1.29, 1.82) is 0 Å². The maximum absolute atomic E-state index is 6.56. The van der Waals surface area contributed by atoms with Crippen molar-refractivity contribution >= 4 is 43.7 Å². The van der Waals surface area contributed by atoms with Gasteiger partial charge in [-0.25, -0.2) is 15.0 Å². The van der Waals surface area contributed by atoms with Crippen molar-refractivity contribution in [3.05, 3.63) is 217 Å².